The summed E-state index contributed by atoms with van der Waals surface area (Å²) in [6.07, 6.45) is 0.417. The molecule has 0 spiro atoms. The predicted molar refractivity (Wildman–Crippen MR) is 91.8 cm³/mol. The Morgan fingerprint density at radius 3 is 2.28 bits per heavy atom. The van der Waals surface area contributed by atoms with Gasteiger partial charge in [0.05, 0.1) is 30.0 Å². The molecule has 0 bridgehead atoms. The summed E-state index contributed by atoms with van der Waals surface area (Å²) < 4.78 is 24.2. The summed E-state index contributed by atoms with van der Waals surface area (Å²) in [7, 11) is -3.28. The largest absolute Gasteiger partial charge is 0.508 e. The highest BCUT2D eigenvalue weighted by molar-refractivity contribution is 7.91. The van der Waals surface area contributed by atoms with E-state index < -0.39 is 21.9 Å². The van der Waals surface area contributed by atoms with Gasteiger partial charge in [-0.15, -0.1) is 0 Å². The molecule has 3 rings (SSSR count). The van der Waals surface area contributed by atoms with Crippen molar-refractivity contribution >= 4 is 21.7 Å². The van der Waals surface area contributed by atoms with Crippen LogP contribution in [-0.2, 0) is 25.8 Å². The number of amides is 2. The van der Waals surface area contributed by atoms with E-state index in [4.69, 9.17) is 0 Å². The molecule has 0 saturated carbocycles. The highest BCUT2D eigenvalue weighted by Crippen LogP contribution is 2.28. The van der Waals surface area contributed by atoms with E-state index in [1.807, 2.05) is 0 Å². The number of fused-ring (bicyclic) bond motifs is 1. The summed E-state index contributed by atoms with van der Waals surface area (Å²) in [4.78, 5) is 28.1. The van der Waals surface area contributed by atoms with E-state index in [9.17, 15) is 23.1 Å². The Hall–Kier alpha value is -2.09. The normalized spacial score (nSPS) is 24.8. The van der Waals surface area contributed by atoms with E-state index in [1.165, 1.54) is 12.1 Å². The topological polar surface area (TPSA) is 95.0 Å². The summed E-state index contributed by atoms with van der Waals surface area (Å²) in [5.41, 5.74) is 0.675. The van der Waals surface area contributed by atoms with Gasteiger partial charge in [0, 0.05) is 19.5 Å². The Kier molecular flexibility index (Phi) is 4.73. The van der Waals surface area contributed by atoms with E-state index in [1.54, 1.807) is 28.9 Å². The fraction of sp³-hybridized carbons (Fsp3) is 0.529. The van der Waals surface area contributed by atoms with Gasteiger partial charge in [-0.3, -0.25) is 9.59 Å². The molecule has 1 N–H and O–H groups in total. The number of carbonyl (C=O) groups excluding carboxylic acids is 2. The van der Waals surface area contributed by atoms with Crippen LogP contribution in [0.2, 0.25) is 0 Å². The molecule has 136 valence electrons. The van der Waals surface area contributed by atoms with Crippen molar-refractivity contribution in [2.45, 2.75) is 31.8 Å². The minimum atomic E-state index is -3.28. The molecule has 0 aliphatic carbocycles. The van der Waals surface area contributed by atoms with Gasteiger partial charge in [-0.05, 0) is 17.7 Å². The van der Waals surface area contributed by atoms with Crippen molar-refractivity contribution in [3.63, 3.8) is 0 Å². The maximum absolute atomic E-state index is 12.7. The highest BCUT2D eigenvalue weighted by Gasteiger charge is 2.48. The second-order valence-corrected chi connectivity index (χ2v) is 8.74. The molecule has 2 amide bonds. The van der Waals surface area contributed by atoms with Gasteiger partial charge in [0.1, 0.15) is 5.75 Å². The summed E-state index contributed by atoms with van der Waals surface area (Å²) in [6.45, 7) is 2.44. The molecule has 1 aromatic rings. The number of nitrogens with zero attached hydrogens (tertiary/aromatic N) is 2. The van der Waals surface area contributed by atoms with Crippen LogP contribution in [0, 0.1) is 0 Å². The van der Waals surface area contributed by atoms with E-state index in [-0.39, 0.29) is 35.5 Å². The molecule has 1 aromatic carbocycles. The van der Waals surface area contributed by atoms with Crippen LogP contribution in [0.25, 0.3) is 0 Å². The number of rotatable bonds is 3. The fourth-order valence-corrected chi connectivity index (χ4v) is 5.70. The summed E-state index contributed by atoms with van der Waals surface area (Å²) in [5, 5.41) is 9.53. The zero-order chi connectivity index (χ0) is 18.2. The summed E-state index contributed by atoms with van der Waals surface area (Å²) in [6, 6.07) is 5.52. The number of phenols is 1. The molecule has 2 fully saturated rings. The molecule has 2 saturated heterocycles. The second kappa shape index (κ2) is 6.67. The van der Waals surface area contributed by atoms with Gasteiger partial charge in [-0.1, -0.05) is 19.1 Å². The minimum Gasteiger partial charge on any atom is -0.508 e. The van der Waals surface area contributed by atoms with Crippen molar-refractivity contribution in [3.05, 3.63) is 29.8 Å². The number of aromatic hydroxyl groups is 1. The number of piperazine rings is 1. The van der Waals surface area contributed by atoms with Gasteiger partial charge in [0.15, 0.2) is 9.84 Å². The standard InChI is InChI=1S/C17H22N2O5S/c1-2-16(21)18-6-7-19(15-11-25(23,24)10-14(15)18)17(22)9-12-4-3-5-13(20)8-12/h3-5,8,14-15,20H,2,6-7,9-11H2,1H3/t14-,15+/m0/s1. The first kappa shape index (κ1) is 17.7. The lowest BCUT2D eigenvalue weighted by atomic mass is 10.0. The van der Waals surface area contributed by atoms with Crippen molar-refractivity contribution in [2.24, 2.45) is 0 Å². The first-order valence-corrected chi connectivity index (χ1v) is 10.2. The molecule has 0 aromatic heterocycles. The zero-order valence-electron chi connectivity index (χ0n) is 14.1. The molecule has 2 heterocycles. The van der Waals surface area contributed by atoms with Gasteiger partial charge in [-0.25, -0.2) is 8.42 Å². The van der Waals surface area contributed by atoms with Crippen molar-refractivity contribution in [2.75, 3.05) is 24.6 Å². The van der Waals surface area contributed by atoms with Crippen molar-refractivity contribution < 1.29 is 23.1 Å². The third-order valence-electron chi connectivity index (χ3n) is 4.89. The molecular formula is C17H22N2O5S. The van der Waals surface area contributed by atoms with Crippen LogP contribution in [-0.4, -0.2) is 71.8 Å². The minimum absolute atomic E-state index is 0.0767. The number of hydrogen-bond donors (Lipinski definition) is 1. The molecule has 2 aliphatic rings. The number of carbonyl (C=O) groups is 2. The molecule has 2 aliphatic heterocycles. The number of benzene rings is 1. The van der Waals surface area contributed by atoms with Crippen LogP contribution in [0.3, 0.4) is 0 Å². The molecule has 7 nitrogen and oxygen atoms in total. The smallest absolute Gasteiger partial charge is 0.227 e. The Balaban J connectivity index is 1.80. The second-order valence-electron chi connectivity index (χ2n) is 6.59. The van der Waals surface area contributed by atoms with Gasteiger partial charge in [-0.2, -0.15) is 0 Å². The van der Waals surface area contributed by atoms with Crippen LogP contribution in [0.15, 0.2) is 24.3 Å². The Morgan fingerprint density at radius 1 is 1.12 bits per heavy atom. The first-order chi connectivity index (χ1) is 11.8. The molecule has 0 unspecified atom stereocenters. The van der Waals surface area contributed by atoms with Gasteiger partial charge in [0.2, 0.25) is 11.8 Å². The van der Waals surface area contributed by atoms with E-state index in [2.05, 4.69) is 0 Å². The average molecular weight is 366 g/mol. The molecular weight excluding hydrogens is 344 g/mol. The number of phenolic OH excluding ortho intramolecular Hbond substituents is 1. The van der Waals surface area contributed by atoms with E-state index >= 15 is 0 Å². The average Bonchev–Trinajstić information content (AvgIpc) is 2.87. The van der Waals surface area contributed by atoms with Crippen LogP contribution < -0.4 is 0 Å². The highest BCUT2D eigenvalue weighted by atomic mass is 32.2. The summed E-state index contributed by atoms with van der Waals surface area (Å²) >= 11 is 0. The Labute approximate surface area is 147 Å². The molecule has 25 heavy (non-hydrogen) atoms. The Bertz CT molecular complexity index is 792. The molecule has 2 atom stereocenters. The fourth-order valence-electron chi connectivity index (χ4n) is 3.72. The van der Waals surface area contributed by atoms with Crippen LogP contribution in [0.4, 0.5) is 0 Å². The first-order valence-electron chi connectivity index (χ1n) is 8.38. The third kappa shape index (κ3) is 3.63. The lowest BCUT2D eigenvalue weighted by molar-refractivity contribution is -0.144. The van der Waals surface area contributed by atoms with Gasteiger partial charge in [0.25, 0.3) is 0 Å². The maximum Gasteiger partial charge on any atom is 0.227 e. The lowest BCUT2D eigenvalue weighted by Crippen LogP contribution is -2.62. The maximum atomic E-state index is 12.7. The number of sulfone groups is 1. The van der Waals surface area contributed by atoms with Crippen LogP contribution in [0.5, 0.6) is 5.75 Å². The molecule has 8 heteroatoms. The Morgan fingerprint density at radius 2 is 1.72 bits per heavy atom. The van der Waals surface area contributed by atoms with Gasteiger partial charge < -0.3 is 14.9 Å². The van der Waals surface area contributed by atoms with Gasteiger partial charge >= 0.3 is 0 Å². The van der Waals surface area contributed by atoms with E-state index in [0.29, 0.717) is 25.1 Å². The zero-order valence-corrected chi connectivity index (χ0v) is 14.9. The quantitative estimate of drug-likeness (QED) is 0.823. The molecule has 0 radical (unpaired) electrons. The third-order valence-corrected chi connectivity index (χ3v) is 6.58. The van der Waals surface area contributed by atoms with Crippen molar-refractivity contribution in [3.8, 4) is 5.75 Å². The monoisotopic (exact) mass is 366 g/mol. The lowest BCUT2D eigenvalue weighted by Gasteiger charge is -2.44. The van der Waals surface area contributed by atoms with Crippen molar-refractivity contribution in [1.82, 2.24) is 9.80 Å². The van der Waals surface area contributed by atoms with Crippen molar-refractivity contribution in [1.29, 1.82) is 0 Å². The number of hydrogen-bond acceptors (Lipinski definition) is 5. The predicted octanol–water partition coefficient (Wildman–Crippen LogP) is 0.181. The SMILES string of the molecule is CCC(=O)N1CCN(C(=O)Cc2cccc(O)c2)[C@@H]2CS(=O)(=O)C[C@@H]21. The van der Waals surface area contributed by atoms with E-state index in [0.717, 1.165) is 0 Å². The summed E-state index contributed by atoms with van der Waals surface area (Å²) in [5.74, 6) is -0.352. The van der Waals surface area contributed by atoms with Crippen LogP contribution in [0.1, 0.15) is 18.9 Å². The van der Waals surface area contributed by atoms with Crippen LogP contribution >= 0.6 is 0 Å².